The lowest BCUT2D eigenvalue weighted by Crippen LogP contribution is -2.54. The summed E-state index contributed by atoms with van der Waals surface area (Å²) < 4.78 is 17.5. The van der Waals surface area contributed by atoms with Crippen LogP contribution in [0.25, 0.3) is 0 Å². The minimum atomic E-state index is 0. The molecule has 0 amide bonds. The van der Waals surface area contributed by atoms with Gasteiger partial charge in [0.15, 0.2) is 5.96 Å². The van der Waals surface area contributed by atoms with Crippen LogP contribution in [-0.2, 0) is 14.2 Å². The topological polar surface area (TPSA) is 55.3 Å². The smallest absolute Gasteiger partial charge is 0.193 e. The van der Waals surface area contributed by atoms with Crippen molar-refractivity contribution in [3.63, 3.8) is 0 Å². The lowest BCUT2D eigenvalue weighted by Gasteiger charge is -2.38. The third-order valence-electron chi connectivity index (χ3n) is 6.25. The molecule has 0 aromatic carbocycles. The van der Waals surface area contributed by atoms with E-state index in [2.05, 4.69) is 22.1 Å². The number of morpholine rings is 1. The molecule has 0 bridgehead atoms. The van der Waals surface area contributed by atoms with E-state index in [4.69, 9.17) is 14.2 Å². The van der Waals surface area contributed by atoms with Gasteiger partial charge in [-0.25, -0.2) is 0 Å². The normalized spacial score (nSPS) is 28.2. The van der Waals surface area contributed by atoms with Gasteiger partial charge in [-0.3, -0.25) is 4.99 Å². The van der Waals surface area contributed by atoms with Gasteiger partial charge in [0, 0.05) is 46.5 Å². The van der Waals surface area contributed by atoms with E-state index in [9.17, 15) is 0 Å². The first-order valence-corrected chi connectivity index (χ1v) is 10.5. The van der Waals surface area contributed by atoms with Crippen molar-refractivity contribution in [2.45, 2.75) is 64.1 Å². The molecule has 0 aromatic heterocycles. The summed E-state index contributed by atoms with van der Waals surface area (Å²) >= 11 is 0. The van der Waals surface area contributed by atoms with Gasteiger partial charge in [0.05, 0.1) is 12.7 Å². The molecule has 3 aliphatic rings. The van der Waals surface area contributed by atoms with Crippen molar-refractivity contribution in [1.29, 1.82) is 0 Å². The average molecular weight is 495 g/mol. The van der Waals surface area contributed by atoms with Crippen molar-refractivity contribution in [2.24, 2.45) is 10.4 Å². The summed E-state index contributed by atoms with van der Waals surface area (Å²) in [6, 6.07) is 0. The molecule has 7 heteroatoms. The van der Waals surface area contributed by atoms with E-state index in [1.54, 1.807) is 0 Å². The van der Waals surface area contributed by atoms with Crippen LogP contribution < -0.4 is 5.32 Å². The molecule has 1 saturated carbocycles. The van der Waals surface area contributed by atoms with Crippen LogP contribution in [0.15, 0.2) is 4.99 Å². The number of hydrogen-bond donors (Lipinski definition) is 1. The van der Waals surface area contributed by atoms with Crippen LogP contribution in [0, 0.1) is 5.41 Å². The zero-order valence-corrected chi connectivity index (χ0v) is 19.4. The first-order chi connectivity index (χ1) is 12.8. The molecule has 1 aliphatic carbocycles. The van der Waals surface area contributed by atoms with Crippen LogP contribution >= 0.6 is 24.0 Å². The number of rotatable bonds is 7. The van der Waals surface area contributed by atoms with E-state index < -0.39 is 0 Å². The third kappa shape index (κ3) is 6.44. The maximum absolute atomic E-state index is 5.98. The van der Waals surface area contributed by atoms with Crippen LogP contribution in [0.1, 0.15) is 51.9 Å². The van der Waals surface area contributed by atoms with Crippen molar-refractivity contribution in [3.8, 4) is 0 Å². The minimum absolute atomic E-state index is 0. The number of guanidine groups is 1. The summed E-state index contributed by atoms with van der Waals surface area (Å²) in [4.78, 5) is 6.91. The van der Waals surface area contributed by atoms with Crippen LogP contribution in [-0.4, -0.2) is 76.2 Å². The van der Waals surface area contributed by atoms with Gasteiger partial charge >= 0.3 is 0 Å². The van der Waals surface area contributed by atoms with Crippen molar-refractivity contribution in [1.82, 2.24) is 10.2 Å². The predicted molar refractivity (Wildman–Crippen MR) is 119 cm³/mol. The molecule has 2 unspecified atom stereocenters. The van der Waals surface area contributed by atoms with E-state index >= 15 is 0 Å². The highest BCUT2D eigenvalue weighted by molar-refractivity contribution is 14.0. The zero-order valence-electron chi connectivity index (χ0n) is 17.1. The lowest BCUT2D eigenvalue weighted by atomic mass is 9.83. The molecule has 3 fully saturated rings. The summed E-state index contributed by atoms with van der Waals surface area (Å²) in [5, 5.41) is 3.68. The molecule has 2 heterocycles. The second-order valence-electron chi connectivity index (χ2n) is 7.96. The fraction of sp³-hybridized carbons (Fsp3) is 0.950. The minimum Gasteiger partial charge on any atom is -0.382 e. The van der Waals surface area contributed by atoms with E-state index in [0.717, 1.165) is 71.3 Å². The fourth-order valence-corrected chi connectivity index (χ4v) is 4.66. The van der Waals surface area contributed by atoms with E-state index in [1.165, 1.54) is 25.7 Å². The summed E-state index contributed by atoms with van der Waals surface area (Å²) in [6.45, 7) is 8.14. The molecule has 2 atom stereocenters. The van der Waals surface area contributed by atoms with E-state index in [1.807, 2.05) is 7.05 Å². The number of hydrogen-bond acceptors (Lipinski definition) is 4. The van der Waals surface area contributed by atoms with Gasteiger partial charge in [-0.2, -0.15) is 0 Å². The maximum Gasteiger partial charge on any atom is 0.193 e. The Balaban J connectivity index is 0.00000261. The molecule has 158 valence electrons. The Bertz CT molecular complexity index is 452. The lowest BCUT2D eigenvalue weighted by molar-refractivity contribution is -0.0817. The SMILES string of the molecule is CCOCCC1(CNC(=NC)N2CCOC(C3CCCO3)C2)CCCC1.I. The molecule has 0 aromatic rings. The molecule has 0 radical (unpaired) electrons. The van der Waals surface area contributed by atoms with Crippen LogP contribution in [0.5, 0.6) is 0 Å². The largest absolute Gasteiger partial charge is 0.382 e. The summed E-state index contributed by atoms with van der Waals surface area (Å²) in [7, 11) is 1.89. The second kappa shape index (κ2) is 11.8. The fourth-order valence-electron chi connectivity index (χ4n) is 4.66. The summed E-state index contributed by atoms with van der Waals surface area (Å²) in [5.74, 6) is 1.01. The van der Waals surface area contributed by atoms with Gasteiger partial charge in [0.1, 0.15) is 6.10 Å². The average Bonchev–Trinajstić information content (AvgIpc) is 3.35. The Morgan fingerprint density at radius 3 is 2.63 bits per heavy atom. The number of nitrogens with one attached hydrogen (secondary N) is 1. The first kappa shape index (κ1) is 23.2. The molecule has 1 N–H and O–H groups in total. The predicted octanol–water partition coefficient (Wildman–Crippen LogP) is 3.05. The molecule has 0 spiro atoms. The molecule has 27 heavy (non-hydrogen) atoms. The van der Waals surface area contributed by atoms with Gasteiger partial charge in [0.25, 0.3) is 0 Å². The Morgan fingerprint density at radius 1 is 1.19 bits per heavy atom. The number of aliphatic imine (C=N–C) groups is 1. The molecule has 6 nitrogen and oxygen atoms in total. The van der Waals surface area contributed by atoms with Gasteiger partial charge in [0.2, 0.25) is 0 Å². The van der Waals surface area contributed by atoms with Crippen LogP contribution in [0.3, 0.4) is 0 Å². The number of nitrogens with zero attached hydrogens (tertiary/aromatic N) is 2. The van der Waals surface area contributed by atoms with Crippen molar-refractivity contribution in [2.75, 3.05) is 53.1 Å². The third-order valence-corrected chi connectivity index (χ3v) is 6.25. The molecule has 2 saturated heterocycles. The van der Waals surface area contributed by atoms with Gasteiger partial charge in [-0.05, 0) is 44.4 Å². The highest BCUT2D eigenvalue weighted by atomic mass is 127. The van der Waals surface area contributed by atoms with Gasteiger partial charge < -0.3 is 24.4 Å². The Kier molecular flexibility index (Phi) is 10.1. The van der Waals surface area contributed by atoms with Crippen molar-refractivity contribution < 1.29 is 14.2 Å². The molecule has 3 rings (SSSR count). The molecule has 2 aliphatic heterocycles. The number of ether oxygens (including phenoxy) is 3. The quantitative estimate of drug-likeness (QED) is 0.255. The Hall–Kier alpha value is -0.120. The van der Waals surface area contributed by atoms with Gasteiger partial charge in [-0.15, -0.1) is 24.0 Å². The zero-order chi connectivity index (χ0) is 18.2. The number of halogens is 1. The summed E-state index contributed by atoms with van der Waals surface area (Å²) in [5.41, 5.74) is 0.366. The molecular formula is C20H38IN3O3. The van der Waals surface area contributed by atoms with Crippen molar-refractivity contribution in [3.05, 3.63) is 0 Å². The molecular weight excluding hydrogens is 457 g/mol. The maximum atomic E-state index is 5.98. The highest BCUT2D eigenvalue weighted by Crippen LogP contribution is 2.40. The van der Waals surface area contributed by atoms with Gasteiger partial charge in [-0.1, -0.05) is 12.8 Å². The summed E-state index contributed by atoms with van der Waals surface area (Å²) in [6.07, 6.45) is 9.11. The van der Waals surface area contributed by atoms with Crippen LogP contribution in [0.4, 0.5) is 0 Å². The standard InChI is InChI=1S/C20H37N3O3.HI/c1-3-24-13-10-20(8-4-5-9-20)16-22-19(21-2)23-11-14-26-18(15-23)17-7-6-12-25-17;/h17-18H,3-16H2,1-2H3,(H,21,22);1H. The second-order valence-corrected chi connectivity index (χ2v) is 7.96. The van der Waals surface area contributed by atoms with E-state index in [-0.39, 0.29) is 36.2 Å². The highest BCUT2D eigenvalue weighted by Gasteiger charge is 2.35. The van der Waals surface area contributed by atoms with E-state index in [0.29, 0.717) is 5.41 Å². The van der Waals surface area contributed by atoms with Crippen molar-refractivity contribution >= 4 is 29.9 Å². The Morgan fingerprint density at radius 2 is 1.96 bits per heavy atom. The van der Waals surface area contributed by atoms with Crippen LogP contribution in [0.2, 0.25) is 0 Å². The first-order valence-electron chi connectivity index (χ1n) is 10.5. The monoisotopic (exact) mass is 495 g/mol. The Labute approximate surface area is 181 Å².